The zero-order valence-corrected chi connectivity index (χ0v) is 17.6. The molecule has 4 nitrogen and oxygen atoms in total. The third kappa shape index (κ3) is 4.90. The predicted octanol–water partition coefficient (Wildman–Crippen LogP) is 5.91. The Morgan fingerprint density at radius 2 is 1.97 bits per heavy atom. The van der Waals surface area contributed by atoms with Crippen molar-refractivity contribution in [3.8, 4) is 5.75 Å². The molecule has 0 aliphatic carbocycles. The Morgan fingerprint density at radius 3 is 2.72 bits per heavy atom. The van der Waals surface area contributed by atoms with Gasteiger partial charge >= 0.3 is 0 Å². The molecule has 1 aromatic heterocycles. The number of carbonyl (C=O) groups excluding carboxylic acids is 1. The van der Waals surface area contributed by atoms with Crippen LogP contribution in [0.1, 0.15) is 16.9 Å². The number of ether oxygens (including phenoxy) is 1. The van der Waals surface area contributed by atoms with Gasteiger partial charge in [-0.05, 0) is 53.6 Å². The quantitative estimate of drug-likeness (QED) is 0.351. The minimum Gasteiger partial charge on any atom is -0.489 e. The van der Waals surface area contributed by atoms with E-state index in [9.17, 15) is 4.79 Å². The van der Waals surface area contributed by atoms with Crippen LogP contribution in [0.25, 0.3) is 6.08 Å². The molecule has 3 aromatic rings. The molecule has 1 amide bonds. The number of thioether (sulfide) groups is 1. The molecule has 1 saturated heterocycles. The van der Waals surface area contributed by atoms with E-state index in [1.54, 1.807) is 17.2 Å². The van der Waals surface area contributed by atoms with Crippen LogP contribution in [0.2, 0.25) is 5.02 Å². The van der Waals surface area contributed by atoms with Gasteiger partial charge in [0.1, 0.15) is 22.4 Å². The first-order valence-corrected chi connectivity index (χ1v) is 10.4. The first-order valence-electron chi connectivity index (χ1n) is 8.83. The molecule has 0 bridgehead atoms. The Bertz CT molecular complexity index is 1060. The Morgan fingerprint density at radius 1 is 1.14 bits per heavy atom. The number of benzene rings is 2. The summed E-state index contributed by atoms with van der Waals surface area (Å²) in [6.45, 7) is 0.769. The monoisotopic (exact) mass is 441 g/mol. The van der Waals surface area contributed by atoms with Gasteiger partial charge in [0.2, 0.25) is 0 Å². The Kier molecular flexibility index (Phi) is 6.04. The third-order valence-electron chi connectivity index (χ3n) is 4.24. The number of hydrogen-bond donors (Lipinski definition) is 0. The van der Waals surface area contributed by atoms with Crippen LogP contribution in [0.15, 0.2) is 76.2 Å². The molecule has 0 unspecified atom stereocenters. The molecule has 1 fully saturated rings. The molecule has 146 valence electrons. The standard InChI is InChI=1S/C22H16ClNO3S2/c23-17-8-6-15(7-9-17)14-27-18-4-1-3-16(11-18)12-20-21(25)24(22(28)29-20)13-19-5-2-10-26-19/h1-12H,13-14H2/b20-12-. The molecule has 7 heteroatoms. The van der Waals surface area contributed by atoms with Crippen LogP contribution in [0, 0.1) is 0 Å². The van der Waals surface area contributed by atoms with E-state index in [-0.39, 0.29) is 5.91 Å². The summed E-state index contributed by atoms with van der Waals surface area (Å²) in [7, 11) is 0. The van der Waals surface area contributed by atoms with Gasteiger partial charge in [0, 0.05) is 5.02 Å². The van der Waals surface area contributed by atoms with E-state index in [0.29, 0.717) is 33.2 Å². The van der Waals surface area contributed by atoms with Crippen molar-refractivity contribution in [3.05, 3.63) is 93.7 Å². The second kappa shape index (κ2) is 8.86. The molecule has 2 aromatic carbocycles. The highest BCUT2D eigenvalue weighted by Gasteiger charge is 2.32. The van der Waals surface area contributed by atoms with E-state index < -0.39 is 0 Å². The van der Waals surface area contributed by atoms with Crippen LogP contribution in [0.5, 0.6) is 5.75 Å². The van der Waals surface area contributed by atoms with Crippen LogP contribution >= 0.6 is 35.6 Å². The second-order valence-corrected chi connectivity index (χ2v) is 8.45. The maximum atomic E-state index is 12.7. The number of rotatable bonds is 6. The van der Waals surface area contributed by atoms with Crippen molar-refractivity contribution in [2.24, 2.45) is 0 Å². The van der Waals surface area contributed by atoms with E-state index in [0.717, 1.165) is 16.9 Å². The fourth-order valence-electron chi connectivity index (χ4n) is 2.79. The molecular formula is C22H16ClNO3S2. The maximum Gasteiger partial charge on any atom is 0.266 e. The van der Waals surface area contributed by atoms with Crippen molar-refractivity contribution in [3.63, 3.8) is 0 Å². The summed E-state index contributed by atoms with van der Waals surface area (Å²) >= 11 is 12.6. The average molecular weight is 442 g/mol. The molecule has 29 heavy (non-hydrogen) atoms. The highest BCUT2D eigenvalue weighted by Crippen LogP contribution is 2.34. The average Bonchev–Trinajstić information content (AvgIpc) is 3.32. The topological polar surface area (TPSA) is 42.7 Å². The normalized spacial score (nSPS) is 15.3. The number of thiocarbonyl (C=S) groups is 1. The lowest BCUT2D eigenvalue weighted by atomic mass is 10.2. The predicted molar refractivity (Wildman–Crippen MR) is 120 cm³/mol. The zero-order valence-electron chi connectivity index (χ0n) is 15.2. The highest BCUT2D eigenvalue weighted by molar-refractivity contribution is 8.26. The van der Waals surface area contributed by atoms with Gasteiger partial charge < -0.3 is 9.15 Å². The summed E-state index contributed by atoms with van der Waals surface area (Å²) in [5, 5.41) is 0.695. The van der Waals surface area contributed by atoms with E-state index in [2.05, 4.69) is 0 Å². The molecular weight excluding hydrogens is 426 g/mol. The molecule has 0 saturated carbocycles. The van der Waals surface area contributed by atoms with Gasteiger partial charge in [-0.1, -0.05) is 59.8 Å². The Balaban J connectivity index is 1.45. The van der Waals surface area contributed by atoms with Gasteiger partial charge in [-0.25, -0.2) is 0 Å². The number of amides is 1. The summed E-state index contributed by atoms with van der Waals surface area (Å²) < 4.78 is 11.7. The first kappa shape index (κ1) is 19.8. The van der Waals surface area contributed by atoms with Crippen molar-refractivity contribution in [2.45, 2.75) is 13.2 Å². The summed E-state index contributed by atoms with van der Waals surface area (Å²) in [4.78, 5) is 14.9. The van der Waals surface area contributed by atoms with Gasteiger partial charge in [-0.2, -0.15) is 0 Å². The SMILES string of the molecule is O=C1/C(=C/c2cccc(OCc3ccc(Cl)cc3)c2)SC(=S)N1Cc1ccco1. The fourth-order valence-corrected chi connectivity index (χ4v) is 4.17. The van der Waals surface area contributed by atoms with Gasteiger partial charge in [0.15, 0.2) is 0 Å². The highest BCUT2D eigenvalue weighted by atomic mass is 35.5. The number of furan rings is 1. The molecule has 0 spiro atoms. The molecule has 0 N–H and O–H groups in total. The third-order valence-corrected chi connectivity index (χ3v) is 5.87. The van der Waals surface area contributed by atoms with Crippen molar-refractivity contribution in [2.75, 3.05) is 0 Å². The number of nitrogens with zero attached hydrogens (tertiary/aromatic N) is 1. The molecule has 1 aliphatic rings. The van der Waals surface area contributed by atoms with Crippen LogP contribution in [0.4, 0.5) is 0 Å². The Hall–Kier alpha value is -2.54. The lowest BCUT2D eigenvalue weighted by Crippen LogP contribution is -2.27. The number of carbonyl (C=O) groups is 1. The van der Waals surface area contributed by atoms with E-state index in [1.807, 2.05) is 60.7 Å². The molecule has 4 rings (SSSR count). The van der Waals surface area contributed by atoms with Crippen molar-refractivity contribution in [1.29, 1.82) is 0 Å². The molecule has 0 radical (unpaired) electrons. The lowest BCUT2D eigenvalue weighted by Gasteiger charge is -2.12. The fraction of sp³-hybridized carbons (Fsp3) is 0.0909. The molecule has 2 heterocycles. The smallest absolute Gasteiger partial charge is 0.266 e. The van der Waals surface area contributed by atoms with E-state index in [4.69, 9.17) is 33.0 Å². The van der Waals surface area contributed by atoms with Crippen LogP contribution < -0.4 is 4.74 Å². The second-order valence-electron chi connectivity index (χ2n) is 6.33. The van der Waals surface area contributed by atoms with Gasteiger partial charge in [-0.15, -0.1) is 0 Å². The maximum absolute atomic E-state index is 12.7. The first-order chi connectivity index (χ1) is 14.1. The van der Waals surface area contributed by atoms with Crippen LogP contribution in [0.3, 0.4) is 0 Å². The summed E-state index contributed by atoms with van der Waals surface area (Å²) in [6.07, 6.45) is 3.41. The van der Waals surface area contributed by atoms with Gasteiger partial charge in [0.25, 0.3) is 5.91 Å². The Labute approximate surface area is 183 Å². The molecule has 1 aliphatic heterocycles. The van der Waals surface area contributed by atoms with Crippen molar-refractivity contribution in [1.82, 2.24) is 4.90 Å². The summed E-state index contributed by atoms with van der Waals surface area (Å²) in [5.41, 5.74) is 1.90. The molecule has 0 atom stereocenters. The van der Waals surface area contributed by atoms with Crippen LogP contribution in [-0.4, -0.2) is 15.1 Å². The minimum atomic E-state index is -0.121. The van der Waals surface area contributed by atoms with Crippen molar-refractivity contribution >= 4 is 51.9 Å². The van der Waals surface area contributed by atoms with Gasteiger partial charge in [0.05, 0.1) is 17.7 Å². The van der Waals surface area contributed by atoms with E-state index in [1.165, 1.54) is 11.8 Å². The lowest BCUT2D eigenvalue weighted by molar-refractivity contribution is -0.122. The minimum absolute atomic E-state index is 0.121. The van der Waals surface area contributed by atoms with E-state index >= 15 is 0 Å². The summed E-state index contributed by atoms with van der Waals surface area (Å²) in [5.74, 6) is 1.30. The van der Waals surface area contributed by atoms with Crippen LogP contribution in [-0.2, 0) is 17.9 Å². The van der Waals surface area contributed by atoms with Gasteiger partial charge in [-0.3, -0.25) is 9.69 Å². The number of halogens is 1. The number of hydrogen-bond acceptors (Lipinski definition) is 5. The zero-order chi connectivity index (χ0) is 20.2. The summed E-state index contributed by atoms with van der Waals surface area (Å²) in [6, 6.07) is 18.7. The van der Waals surface area contributed by atoms with Crippen molar-refractivity contribution < 1.29 is 13.9 Å². The largest absolute Gasteiger partial charge is 0.489 e.